The molecule has 7 heteroatoms. The highest BCUT2D eigenvalue weighted by molar-refractivity contribution is 7.22. The van der Waals surface area contributed by atoms with Crippen molar-refractivity contribution in [2.45, 2.75) is 38.6 Å². The zero-order chi connectivity index (χ0) is 20.7. The van der Waals surface area contributed by atoms with E-state index in [1.54, 1.807) is 24.5 Å². The topological polar surface area (TPSA) is 69.6 Å². The van der Waals surface area contributed by atoms with Gasteiger partial charge in [0.15, 0.2) is 10.8 Å². The number of piperidine rings is 1. The van der Waals surface area contributed by atoms with E-state index in [2.05, 4.69) is 26.9 Å². The first-order valence-corrected chi connectivity index (χ1v) is 11.5. The van der Waals surface area contributed by atoms with Gasteiger partial charge in [-0.1, -0.05) is 23.8 Å². The maximum absolute atomic E-state index is 11.2. The molecule has 0 bridgehead atoms. The lowest BCUT2D eigenvalue weighted by molar-refractivity contribution is 0.0689. The Morgan fingerprint density at radius 3 is 2.73 bits per heavy atom. The molecular formula is C23H26N4O2S. The van der Waals surface area contributed by atoms with Crippen LogP contribution in [0.1, 0.15) is 41.7 Å². The molecule has 156 valence electrons. The zero-order valence-corrected chi connectivity index (χ0v) is 18.0. The van der Waals surface area contributed by atoms with E-state index in [4.69, 9.17) is 4.98 Å². The normalized spacial score (nSPS) is 20.2. The Balaban J connectivity index is 1.37. The summed E-state index contributed by atoms with van der Waals surface area (Å²) in [5.41, 5.74) is 3.77. The van der Waals surface area contributed by atoms with Crippen molar-refractivity contribution in [2.75, 3.05) is 31.1 Å². The lowest BCUT2D eigenvalue weighted by Crippen LogP contribution is -2.40. The fourth-order valence-electron chi connectivity index (χ4n) is 4.68. The Bertz CT molecular complexity index is 1090. The maximum atomic E-state index is 11.2. The molecule has 3 aromatic rings. The average Bonchev–Trinajstić information content (AvgIpc) is 3.40. The number of carboxylic acids is 1. The van der Waals surface area contributed by atoms with E-state index in [1.807, 2.05) is 12.1 Å². The molecule has 0 amide bonds. The third-order valence-corrected chi connectivity index (χ3v) is 7.41. The number of pyridine rings is 1. The van der Waals surface area contributed by atoms with Gasteiger partial charge in [0.1, 0.15) is 0 Å². The van der Waals surface area contributed by atoms with Crippen LogP contribution in [0.5, 0.6) is 0 Å². The van der Waals surface area contributed by atoms with E-state index in [0.717, 1.165) is 39.6 Å². The number of likely N-dealkylation sites (tertiary alicyclic amines) is 1. The van der Waals surface area contributed by atoms with Gasteiger partial charge in [0.2, 0.25) is 0 Å². The highest BCUT2D eigenvalue weighted by Gasteiger charge is 2.30. The fraction of sp³-hybridized carbons (Fsp3) is 0.435. The van der Waals surface area contributed by atoms with Crippen molar-refractivity contribution in [1.82, 2.24) is 14.9 Å². The second-order valence-corrected chi connectivity index (χ2v) is 9.37. The maximum Gasteiger partial charge on any atom is 0.354 e. The van der Waals surface area contributed by atoms with Crippen LogP contribution in [0.4, 0.5) is 5.13 Å². The van der Waals surface area contributed by atoms with Crippen molar-refractivity contribution < 1.29 is 9.90 Å². The molecule has 5 rings (SSSR count). The number of rotatable bonds is 4. The van der Waals surface area contributed by atoms with Crippen molar-refractivity contribution in [3.8, 4) is 11.1 Å². The molecule has 1 aromatic carbocycles. The van der Waals surface area contributed by atoms with Crippen LogP contribution in [0.2, 0.25) is 0 Å². The molecule has 0 saturated carbocycles. The minimum absolute atomic E-state index is 0.109. The Morgan fingerprint density at radius 1 is 1.13 bits per heavy atom. The summed E-state index contributed by atoms with van der Waals surface area (Å²) in [6, 6.07) is 8.80. The van der Waals surface area contributed by atoms with Gasteiger partial charge < -0.3 is 10.0 Å². The van der Waals surface area contributed by atoms with Crippen molar-refractivity contribution >= 4 is 32.7 Å². The van der Waals surface area contributed by atoms with Gasteiger partial charge >= 0.3 is 5.97 Å². The van der Waals surface area contributed by atoms with Gasteiger partial charge in [-0.3, -0.25) is 4.90 Å². The molecule has 6 nitrogen and oxygen atoms in total. The van der Waals surface area contributed by atoms with Crippen LogP contribution in [-0.4, -0.2) is 58.2 Å². The summed E-state index contributed by atoms with van der Waals surface area (Å²) in [7, 11) is 0. The molecule has 0 aliphatic carbocycles. The number of nitrogens with zero attached hydrogens (tertiary/aromatic N) is 4. The van der Waals surface area contributed by atoms with Crippen LogP contribution in [0.25, 0.3) is 21.3 Å². The summed E-state index contributed by atoms with van der Waals surface area (Å²) in [5, 5.41) is 10.3. The van der Waals surface area contributed by atoms with Gasteiger partial charge in [0, 0.05) is 30.9 Å². The first-order chi connectivity index (χ1) is 14.6. The monoisotopic (exact) mass is 422 g/mol. The predicted octanol–water partition coefficient (Wildman–Crippen LogP) is 4.43. The van der Waals surface area contributed by atoms with Crippen LogP contribution in [-0.2, 0) is 0 Å². The minimum atomic E-state index is -0.991. The number of carbonyl (C=O) groups is 1. The number of carboxylic acid groups (broad SMARTS) is 1. The van der Waals surface area contributed by atoms with Crippen molar-refractivity contribution in [2.24, 2.45) is 0 Å². The van der Waals surface area contributed by atoms with E-state index in [1.165, 1.54) is 38.8 Å². The van der Waals surface area contributed by atoms with Gasteiger partial charge in [-0.25, -0.2) is 14.8 Å². The summed E-state index contributed by atoms with van der Waals surface area (Å²) >= 11 is 1.75. The molecule has 2 aromatic heterocycles. The summed E-state index contributed by atoms with van der Waals surface area (Å²) in [6.07, 6.45) is 6.91. The molecule has 4 heterocycles. The average molecular weight is 423 g/mol. The number of aromatic nitrogens is 2. The molecule has 30 heavy (non-hydrogen) atoms. The predicted molar refractivity (Wildman–Crippen MR) is 121 cm³/mol. The summed E-state index contributed by atoms with van der Waals surface area (Å²) in [5.74, 6) is -0.991. The second kappa shape index (κ2) is 7.96. The number of aromatic carboxylic acids is 1. The Hall–Kier alpha value is -2.51. The van der Waals surface area contributed by atoms with Crippen LogP contribution >= 0.6 is 11.3 Å². The first-order valence-electron chi connectivity index (χ1n) is 10.7. The van der Waals surface area contributed by atoms with E-state index < -0.39 is 5.97 Å². The van der Waals surface area contributed by atoms with Crippen molar-refractivity contribution in [3.63, 3.8) is 0 Å². The van der Waals surface area contributed by atoms with Gasteiger partial charge in [-0.15, -0.1) is 0 Å². The SMILES string of the molecule is Cc1cc(-c2ccc3nc(N4CC[C@@H](N5CCCCC5)C4)sc3c2)cnc1C(=O)O. The molecule has 0 radical (unpaired) electrons. The van der Waals surface area contributed by atoms with Crippen molar-refractivity contribution in [3.05, 3.63) is 41.7 Å². The van der Waals surface area contributed by atoms with Gasteiger partial charge in [-0.2, -0.15) is 0 Å². The summed E-state index contributed by atoms with van der Waals surface area (Å²) in [4.78, 5) is 25.4. The number of hydrogen-bond acceptors (Lipinski definition) is 6. The number of thiazole rings is 1. The molecule has 2 fully saturated rings. The second-order valence-electron chi connectivity index (χ2n) is 8.36. The Kier molecular flexibility index (Phi) is 5.16. The van der Waals surface area contributed by atoms with E-state index in [0.29, 0.717) is 11.6 Å². The third-order valence-electron chi connectivity index (χ3n) is 6.33. The van der Waals surface area contributed by atoms with E-state index >= 15 is 0 Å². The third kappa shape index (κ3) is 3.68. The molecule has 2 aliphatic rings. The quantitative estimate of drug-likeness (QED) is 0.671. The van der Waals surface area contributed by atoms with Crippen LogP contribution in [0, 0.1) is 6.92 Å². The largest absolute Gasteiger partial charge is 0.477 e. The van der Waals surface area contributed by atoms with Crippen LogP contribution in [0.3, 0.4) is 0 Å². The van der Waals surface area contributed by atoms with E-state index in [-0.39, 0.29) is 5.69 Å². The first kappa shape index (κ1) is 19.5. The van der Waals surface area contributed by atoms with Crippen LogP contribution < -0.4 is 4.90 Å². The van der Waals surface area contributed by atoms with Gasteiger partial charge in [0.05, 0.1) is 10.2 Å². The smallest absolute Gasteiger partial charge is 0.354 e. The van der Waals surface area contributed by atoms with Gasteiger partial charge in [-0.05, 0) is 68.6 Å². The summed E-state index contributed by atoms with van der Waals surface area (Å²) in [6.45, 7) is 6.43. The highest BCUT2D eigenvalue weighted by atomic mass is 32.1. The molecule has 2 aliphatic heterocycles. The Labute approximate surface area is 180 Å². The molecular weight excluding hydrogens is 396 g/mol. The molecule has 1 N–H and O–H groups in total. The number of hydrogen-bond donors (Lipinski definition) is 1. The van der Waals surface area contributed by atoms with Crippen molar-refractivity contribution in [1.29, 1.82) is 0 Å². The fourth-order valence-corrected chi connectivity index (χ4v) is 5.72. The number of fused-ring (bicyclic) bond motifs is 1. The number of aryl methyl sites for hydroxylation is 1. The lowest BCUT2D eigenvalue weighted by atomic mass is 10.0. The number of benzene rings is 1. The van der Waals surface area contributed by atoms with E-state index in [9.17, 15) is 9.90 Å². The molecule has 0 spiro atoms. The lowest BCUT2D eigenvalue weighted by Gasteiger charge is -2.32. The Morgan fingerprint density at radius 2 is 1.97 bits per heavy atom. The molecule has 1 atom stereocenters. The number of anilines is 1. The van der Waals surface area contributed by atoms with Crippen LogP contribution in [0.15, 0.2) is 30.5 Å². The minimum Gasteiger partial charge on any atom is -0.477 e. The zero-order valence-electron chi connectivity index (χ0n) is 17.2. The molecule has 2 saturated heterocycles. The summed E-state index contributed by atoms with van der Waals surface area (Å²) < 4.78 is 1.16. The van der Waals surface area contributed by atoms with Gasteiger partial charge in [0.25, 0.3) is 0 Å². The standard InChI is InChI=1S/C23H26N4O2S/c1-15-11-17(13-24-21(15)22(28)29)16-5-6-19-20(12-16)30-23(25-19)27-10-7-18(14-27)26-8-3-2-4-9-26/h5-6,11-13,18H,2-4,7-10,14H2,1H3,(H,28,29)/t18-/m1/s1. The highest BCUT2D eigenvalue weighted by Crippen LogP contribution is 2.34. The molecule has 0 unspecified atom stereocenters.